The second-order valence-corrected chi connectivity index (χ2v) is 7.88. The third-order valence-corrected chi connectivity index (χ3v) is 5.35. The SMILES string of the molecule is Cc1ccc(Nc2nc(N3CCOCC3)nc3c2ncn3/N=C/c2cccc(C)c2)cc1. The first kappa shape index (κ1) is 20.1. The first-order valence-corrected chi connectivity index (χ1v) is 10.7. The van der Waals surface area contributed by atoms with Gasteiger partial charge in [-0.2, -0.15) is 15.1 Å². The summed E-state index contributed by atoms with van der Waals surface area (Å²) in [7, 11) is 0. The molecule has 5 rings (SSSR count). The number of hydrogen-bond acceptors (Lipinski definition) is 7. The monoisotopic (exact) mass is 427 g/mol. The molecule has 8 nitrogen and oxygen atoms in total. The molecule has 0 amide bonds. The van der Waals surface area contributed by atoms with Gasteiger partial charge in [-0.3, -0.25) is 0 Å². The molecule has 0 unspecified atom stereocenters. The predicted octanol–water partition coefficient (Wildman–Crippen LogP) is 3.91. The lowest BCUT2D eigenvalue weighted by Crippen LogP contribution is -2.37. The van der Waals surface area contributed by atoms with Crippen LogP contribution in [0.25, 0.3) is 11.2 Å². The zero-order chi connectivity index (χ0) is 21.9. The fourth-order valence-electron chi connectivity index (χ4n) is 3.61. The number of imidazole rings is 1. The van der Waals surface area contributed by atoms with Gasteiger partial charge >= 0.3 is 0 Å². The van der Waals surface area contributed by atoms with E-state index in [1.165, 1.54) is 11.1 Å². The lowest BCUT2D eigenvalue weighted by atomic mass is 10.2. The molecule has 8 heteroatoms. The lowest BCUT2D eigenvalue weighted by molar-refractivity contribution is 0.122. The Labute approximate surface area is 186 Å². The highest BCUT2D eigenvalue weighted by atomic mass is 16.5. The Hall–Kier alpha value is -3.78. The van der Waals surface area contributed by atoms with E-state index in [-0.39, 0.29) is 0 Å². The largest absolute Gasteiger partial charge is 0.378 e. The molecule has 1 saturated heterocycles. The normalized spacial score (nSPS) is 14.4. The van der Waals surface area contributed by atoms with Crippen LogP contribution >= 0.6 is 0 Å². The number of hydrogen-bond donors (Lipinski definition) is 1. The van der Waals surface area contributed by atoms with Crippen LogP contribution in [0.2, 0.25) is 0 Å². The van der Waals surface area contributed by atoms with Crippen molar-refractivity contribution in [3.05, 3.63) is 71.5 Å². The maximum Gasteiger partial charge on any atom is 0.229 e. The highest BCUT2D eigenvalue weighted by Crippen LogP contribution is 2.26. The van der Waals surface area contributed by atoms with E-state index in [4.69, 9.17) is 14.7 Å². The number of fused-ring (bicyclic) bond motifs is 1. The minimum atomic E-state index is 0.642. The van der Waals surface area contributed by atoms with Crippen LogP contribution in [0.4, 0.5) is 17.5 Å². The first-order chi connectivity index (χ1) is 15.7. The van der Waals surface area contributed by atoms with Gasteiger partial charge in [0.25, 0.3) is 0 Å². The van der Waals surface area contributed by atoms with E-state index >= 15 is 0 Å². The summed E-state index contributed by atoms with van der Waals surface area (Å²) in [5.41, 5.74) is 5.68. The number of aromatic nitrogens is 4. The molecule has 3 heterocycles. The molecule has 2 aromatic carbocycles. The second-order valence-electron chi connectivity index (χ2n) is 7.88. The molecule has 0 radical (unpaired) electrons. The molecule has 1 fully saturated rings. The minimum absolute atomic E-state index is 0.642. The van der Waals surface area contributed by atoms with Crippen LogP contribution in [0, 0.1) is 13.8 Å². The Bertz CT molecular complexity index is 1260. The predicted molar refractivity (Wildman–Crippen MR) is 127 cm³/mol. The van der Waals surface area contributed by atoms with E-state index in [1.807, 2.05) is 30.5 Å². The van der Waals surface area contributed by atoms with Crippen LogP contribution in [-0.4, -0.2) is 52.1 Å². The van der Waals surface area contributed by atoms with Crippen molar-refractivity contribution in [2.75, 3.05) is 36.5 Å². The number of anilines is 3. The van der Waals surface area contributed by atoms with Gasteiger partial charge in [0.2, 0.25) is 5.95 Å². The summed E-state index contributed by atoms with van der Waals surface area (Å²) in [6.45, 7) is 6.94. The number of rotatable bonds is 5. The number of nitrogens with one attached hydrogen (secondary N) is 1. The third kappa shape index (κ3) is 4.31. The lowest BCUT2D eigenvalue weighted by Gasteiger charge is -2.27. The van der Waals surface area contributed by atoms with Gasteiger partial charge in [0.15, 0.2) is 17.0 Å². The Kier molecular flexibility index (Phi) is 5.51. The van der Waals surface area contributed by atoms with Crippen LogP contribution in [0.5, 0.6) is 0 Å². The molecule has 0 atom stereocenters. The van der Waals surface area contributed by atoms with Gasteiger partial charge in [-0.1, -0.05) is 47.5 Å². The highest BCUT2D eigenvalue weighted by molar-refractivity contribution is 5.87. The van der Waals surface area contributed by atoms with Crippen molar-refractivity contribution in [3.8, 4) is 0 Å². The molecule has 1 aliphatic rings. The molecule has 0 bridgehead atoms. The van der Waals surface area contributed by atoms with E-state index in [2.05, 4.69) is 58.4 Å². The van der Waals surface area contributed by atoms with Gasteiger partial charge in [-0.15, -0.1) is 0 Å². The van der Waals surface area contributed by atoms with Crippen LogP contribution in [0.3, 0.4) is 0 Å². The topological polar surface area (TPSA) is 80.5 Å². The maximum atomic E-state index is 5.50. The average Bonchev–Trinajstić information content (AvgIpc) is 3.23. The van der Waals surface area contributed by atoms with Crippen LogP contribution in [0.1, 0.15) is 16.7 Å². The first-order valence-electron chi connectivity index (χ1n) is 10.7. The fraction of sp³-hybridized carbons (Fsp3) is 0.250. The van der Waals surface area contributed by atoms with Crippen LogP contribution < -0.4 is 10.2 Å². The molecule has 0 saturated carbocycles. The van der Waals surface area contributed by atoms with Crippen molar-refractivity contribution >= 4 is 34.8 Å². The van der Waals surface area contributed by atoms with Gasteiger partial charge in [-0.25, -0.2) is 9.66 Å². The van der Waals surface area contributed by atoms with Crippen molar-refractivity contribution < 1.29 is 4.74 Å². The number of nitrogens with zero attached hydrogens (tertiary/aromatic N) is 6. The molecular weight excluding hydrogens is 402 g/mol. The van der Waals surface area contributed by atoms with E-state index < -0.39 is 0 Å². The van der Waals surface area contributed by atoms with Gasteiger partial charge < -0.3 is 15.0 Å². The van der Waals surface area contributed by atoms with Crippen molar-refractivity contribution in [1.29, 1.82) is 0 Å². The Morgan fingerprint density at radius 2 is 1.81 bits per heavy atom. The van der Waals surface area contributed by atoms with E-state index in [1.54, 1.807) is 11.0 Å². The number of benzene rings is 2. The molecule has 32 heavy (non-hydrogen) atoms. The molecule has 0 aliphatic carbocycles. The highest BCUT2D eigenvalue weighted by Gasteiger charge is 2.19. The molecule has 4 aromatic rings. The number of aryl methyl sites for hydroxylation is 2. The fourth-order valence-corrected chi connectivity index (χ4v) is 3.61. The Morgan fingerprint density at radius 1 is 1.00 bits per heavy atom. The summed E-state index contributed by atoms with van der Waals surface area (Å²) >= 11 is 0. The van der Waals surface area contributed by atoms with E-state index in [0.717, 1.165) is 24.3 Å². The second kappa shape index (κ2) is 8.76. The van der Waals surface area contributed by atoms with Crippen molar-refractivity contribution in [2.45, 2.75) is 13.8 Å². The molecule has 1 aliphatic heterocycles. The van der Waals surface area contributed by atoms with Gasteiger partial charge in [0.1, 0.15) is 6.33 Å². The minimum Gasteiger partial charge on any atom is -0.378 e. The molecular formula is C24H25N7O. The molecule has 0 spiro atoms. The Morgan fingerprint density at radius 3 is 2.59 bits per heavy atom. The number of morpholine rings is 1. The summed E-state index contributed by atoms with van der Waals surface area (Å²) in [6, 6.07) is 16.4. The van der Waals surface area contributed by atoms with Gasteiger partial charge in [0, 0.05) is 18.8 Å². The average molecular weight is 428 g/mol. The van der Waals surface area contributed by atoms with Crippen LogP contribution in [-0.2, 0) is 4.74 Å². The zero-order valence-corrected chi connectivity index (χ0v) is 18.2. The molecule has 162 valence electrons. The van der Waals surface area contributed by atoms with E-state index in [0.29, 0.717) is 36.1 Å². The van der Waals surface area contributed by atoms with E-state index in [9.17, 15) is 0 Å². The van der Waals surface area contributed by atoms with Crippen molar-refractivity contribution in [1.82, 2.24) is 19.6 Å². The number of ether oxygens (including phenoxy) is 1. The van der Waals surface area contributed by atoms with Crippen molar-refractivity contribution in [2.24, 2.45) is 5.10 Å². The smallest absolute Gasteiger partial charge is 0.229 e. The summed E-state index contributed by atoms with van der Waals surface area (Å²) in [5.74, 6) is 1.30. The Balaban J connectivity index is 1.56. The zero-order valence-electron chi connectivity index (χ0n) is 18.2. The molecule has 2 aromatic heterocycles. The summed E-state index contributed by atoms with van der Waals surface area (Å²) in [5, 5.41) is 8.03. The summed E-state index contributed by atoms with van der Waals surface area (Å²) < 4.78 is 7.20. The van der Waals surface area contributed by atoms with Gasteiger partial charge in [-0.05, 0) is 31.5 Å². The summed E-state index contributed by atoms with van der Waals surface area (Å²) in [4.78, 5) is 16.3. The van der Waals surface area contributed by atoms with Gasteiger partial charge in [0.05, 0.1) is 19.4 Å². The third-order valence-electron chi connectivity index (χ3n) is 5.35. The quantitative estimate of drug-likeness (QED) is 0.487. The summed E-state index contributed by atoms with van der Waals surface area (Å²) in [6.07, 6.45) is 3.49. The van der Waals surface area contributed by atoms with Crippen molar-refractivity contribution in [3.63, 3.8) is 0 Å². The maximum absolute atomic E-state index is 5.50. The standard InChI is InChI=1S/C24H25N7O/c1-17-6-8-20(9-7-17)27-22-21-23(29-24(28-22)30-10-12-32-13-11-30)31(16-25-21)26-15-19-5-3-4-18(2)14-19/h3-9,14-16H,10-13H2,1-2H3,(H,27,28,29)/b26-15+. The van der Waals surface area contributed by atoms with Crippen LogP contribution in [0.15, 0.2) is 60.0 Å². The molecule has 1 N–H and O–H groups in total.